The predicted molar refractivity (Wildman–Crippen MR) is 123 cm³/mol. The van der Waals surface area contributed by atoms with Crippen LogP contribution in [0.3, 0.4) is 0 Å². The molecule has 0 aliphatic rings. The van der Waals surface area contributed by atoms with Crippen LogP contribution in [0.2, 0.25) is 0 Å². The minimum absolute atomic E-state index is 0.269. The van der Waals surface area contributed by atoms with E-state index in [1.54, 1.807) is 6.07 Å². The number of benzene rings is 2. The number of alkyl halides is 3. The molecule has 3 rings (SSSR count). The van der Waals surface area contributed by atoms with Gasteiger partial charge in [-0.3, -0.25) is 0 Å². The van der Waals surface area contributed by atoms with Crippen molar-refractivity contribution in [3.05, 3.63) is 51.5 Å². The largest absolute Gasteiger partial charge is 0.416 e. The Hall–Kier alpha value is -2.19. The van der Waals surface area contributed by atoms with Gasteiger partial charge in [-0.1, -0.05) is 28.9 Å². The van der Waals surface area contributed by atoms with E-state index in [0.29, 0.717) is 22.4 Å². The maximum Gasteiger partial charge on any atom is 0.416 e. The first-order valence-electron chi connectivity index (χ1n) is 10.2. The third-order valence-corrected chi connectivity index (χ3v) is 5.63. The lowest BCUT2D eigenvalue weighted by Gasteiger charge is -2.16. The topological polar surface area (TPSA) is 41.0 Å². The minimum atomic E-state index is -4.45. The summed E-state index contributed by atoms with van der Waals surface area (Å²) in [4.78, 5) is 11.4. The molecule has 0 atom stereocenters. The van der Waals surface area contributed by atoms with Crippen LogP contribution in [-0.2, 0) is 12.6 Å². The number of anilines is 1. The van der Waals surface area contributed by atoms with E-state index in [1.165, 1.54) is 0 Å². The molecular formula is C23H26BrF3N4. The minimum Gasteiger partial charge on any atom is -0.369 e. The fraction of sp³-hybridized carbons (Fsp3) is 0.391. The van der Waals surface area contributed by atoms with E-state index in [2.05, 4.69) is 49.1 Å². The van der Waals surface area contributed by atoms with Gasteiger partial charge in [0.2, 0.25) is 0 Å². The van der Waals surface area contributed by atoms with Crippen LogP contribution in [0.25, 0.3) is 22.3 Å². The van der Waals surface area contributed by atoms with Gasteiger partial charge in [0.15, 0.2) is 5.82 Å². The van der Waals surface area contributed by atoms with Crippen molar-refractivity contribution in [2.45, 2.75) is 32.9 Å². The van der Waals surface area contributed by atoms with Crippen molar-refractivity contribution in [1.29, 1.82) is 0 Å². The molecule has 3 aromatic rings. The summed E-state index contributed by atoms with van der Waals surface area (Å²) in [7, 11) is 4.03. The lowest BCUT2D eigenvalue weighted by molar-refractivity contribution is -0.137. The molecule has 0 unspecified atom stereocenters. The van der Waals surface area contributed by atoms with Crippen molar-refractivity contribution in [1.82, 2.24) is 14.9 Å². The second-order valence-electron chi connectivity index (χ2n) is 7.81. The number of aryl methyl sites for hydroxylation is 2. The summed E-state index contributed by atoms with van der Waals surface area (Å²) in [5, 5.41) is 4.24. The number of nitrogens with zero attached hydrogens (tertiary/aromatic N) is 3. The zero-order valence-corrected chi connectivity index (χ0v) is 19.7. The molecule has 0 radical (unpaired) electrons. The normalized spacial score (nSPS) is 12.0. The number of fused-ring (bicyclic) bond motifs is 1. The molecule has 1 aromatic heterocycles. The summed E-state index contributed by atoms with van der Waals surface area (Å²) in [5.74, 6) is 0.906. The zero-order valence-electron chi connectivity index (χ0n) is 18.1. The third kappa shape index (κ3) is 5.54. The van der Waals surface area contributed by atoms with Crippen LogP contribution in [-0.4, -0.2) is 42.1 Å². The Bertz CT molecular complexity index is 1080. The molecule has 0 aliphatic carbocycles. The van der Waals surface area contributed by atoms with Crippen LogP contribution < -0.4 is 5.32 Å². The molecule has 1 heterocycles. The molecule has 8 heteroatoms. The molecule has 0 spiro atoms. The Kier molecular flexibility index (Phi) is 7.21. The van der Waals surface area contributed by atoms with Crippen LogP contribution in [0.1, 0.15) is 30.0 Å². The second kappa shape index (κ2) is 9.53. The Morgan fingerprint density at radius 2 is 1.84 bits per heavy atom. The van der Waals surface area contributed by atoms with E-state index in [-0.39, 0.29) is 5.82 Å². The number of halogens is 4. The van der Waals surface area contributed by atoms with Crippen molar-refractivity contribution in [2.75, 3.05) is 32.5 Å². The summed E-state index contributed by atoms with van der Waals surface area (Å²) in [6, 6.07) is 7.82. The highest BCUT2D eigenvalue weighted by atomic mass is 79.9. The Morgan fingerprint density at radius 3 is 2.48 bits per heavy atom. The Morgan fingerprint density at radius 1 is 1.10 bits per heavy atom. The smallest absolute Gasteiger partial charge is 0.369 e. The van der Waals surface area contributed by atoms with Gasteiger partial charge in [0.1, 0.15) is 5.82 Å². The molecule has 0 fully saturated rings. The number of aromatic nitrogens is 2. The molecule has 4 nitrogen and oxygen atoms in total. The molecule has 0 bridgehead atoms. The van der Waals surface area contributed by atoms with E-state index in [0.717, 1.165) is 53.5 Å². The first-order valence-corrected chi connectivity index (χ1v) is 11.0. The van der Waals surface area contributed by atoms with Crippen LogP contribution in [0.5, 0.6) is 0 Å². The molecule has 0 saturated carbocycles. The molecule has 1 N–H and O–H groups in total. The Labute approximate surface area is 189 Å². The van der Waals surface area contributed by atoms with Gasteiger partial charge >= 0.3 is 6.18 Å². The summed E-state index contributed by atoms with van der Waals surface area (Å²) in [6.45, 7) is 5.68. The predicted octanol–water partition coefficient (Wildman–Crippen LogP) is 6.31. The summed E-state index contributed by atoms with van der Waals surface area (Å²) in [5.41, 5.74) is 2.52. The maximum atomic E-state index is 13.4. The van der Waals surface area contributed by atoms with Gasteiger partial charge in [0, 0.05) is 22.0 Å². The molecule has 0 aliphatic heterocycles. The molecule has 0 saturated heterocycles. The summed E-state index contributed by atoms with van der Waals surface area (Å²) >= 11 is 3.20. The monoisotopic (exact) mass is 494 g/mol. The quantitative estimate of drug-likeness (QED) is 0.390. The lowest BCUT2D eigenvalue weighted by atomic mass is 10.0. The lowest BCUT2D eigenvalue weighted by Crippen LogP contribution is -2.17. The van der Waals surface area contributed by atoms with E-state index in [9.17, 15) is 13.2 Å². The molecule has 2 aromatic carbocycles. The first-order chi connectivity index (χ1) is 14.6. The van der Waals surface area contributed by atoms with Gasteiger partial charge < -0.3 is 10.2 Å². The van der Waals surface area contributed by atoms with E-state index < -0.39 is 11.7 Å². The van der Waals surface area contributed by atoms with Crippen molar-refractivity contribution >= 4 is 32.7 Å². The van der Waals surface area contributed by atoms with Gasteiger partial charge in [-0.25, -0.2) is 9.97 Å². The number of hydrogen-bond acceptors (Lipinski definition) is 4. The number of rotatable bonds is 7. The second-order valence-corrected chi connectivity index (χ2v) is 8.72. The summed E-state index contributed by atoms with van der Waals surface area (Å²) in [6.07, 6.45) is -2.69. The summed E-state index contributed by atoms with van der Waals surface area (Å²) < 4.78 is 40.4. The molecule has 166 valence electrons. The molecule has 31 heavy (non-hydrogen) atoms. The van der Waals surface area contributed by atoms with Crippen LogP contribution >= 0.6 is 15.9 Å². The van der Waals surface area contributed by atoms with E-state index in [1.807, 2.05) is 27.1 Å². The Balaban J connectivity index is 2.13. The average molecular weight is 495 g/mol. The van der Waals surface area contributed by atoms with Gasteiger partial charge in [-0.2, -0.15) is 13.2 Å². The standard InChI is InChI=1S/C23H26BrF3N4/c1-5-15-7-8-19-20(14(15)2)29-21(30-22(19)28-9-6-10-31(3)4)16-11-17(23(25,26)27)13-18(24)12-16/h7-8,11-13H,5-6,9-10H2,1-4H3,(H,28,29,30). The van der Waals surface area contributed by atoms with Crippen molar-refractivity contribution in [3.8, 4) is 11.4 Å². The van der Waals surface area contributed by atoms with Gasteiger partial charge in [0.05, 0.1) is 11.1 Å². The van der Waals surface area contributed by atoms with Gasteiger partial charge in [-0.05, 0) is 75.8 Å². The number of hydrogen-bond donors (Lipinski definition) is 1. The van der Waals surface area contributed by atoms with Crippen molar-refractivity contribution in [2.24, 2.45) is 0 Å². The van der Waals surface area contributed by atoms with Crippen LogP contribution in [0.15, 0.2) is 34.8 Å². The van der Waals surface area contributed by atoms with Crippen LogP contribution in [0, 0.1) is 6.92 Å². The SMILES string of the molecule is CCc1ccc2c(NCCCN(C)C)nc(-c3cc(Br)cc(C(F)(F)F)c3)nc2c1C. The molecular weight excluding hydrogens is 469 g/mol. The van der Waals surface area contributed by atoms with E-state index in [4.69, 9.17) is 0 Å². The zero-order chi connectivity index (χ0) is 22.8. The first kappa shape index (κ1) is 23.5. The van der Waals surface area contributed by atoms with Gasteiger partial charge in [-0.15, -0.1) is 0 Å². The number of nitrogens with one attached hydrogen (secondary N) is 1. The highest BCUT2D eigenvalue weighted by molar-refractivity contribution is 9.10. The third-order valence-electron chi connectivity index (χ3n) is 5.17. The van der Waals surface area contributed by atoms with Crippen molar-refractivity contribution < 1.29 is 13.2 Å². The fourth-order valence-corrected chi connectivity index (χ4v) is 4.00. The van der Waals surface area contributed by atoms with Gasteiger partial charge in [0.25, 0.3) is 0 Å². The van der Waals surface area contributed by atoms with Crippen LogP contribution in [0.4, 0.5) is 19.0 Å². The van der Waals surface area contributed by atoms with Crippen molar-refractivity contribution in [3.63, 3.8) is 0 Å². The fourth-order valence-electron chi connectivity index (χ4n) is 3.51. The maximum absolute atomic E-state index is 13.4. The van der Waals surface area contributed by atoms with E-state index >= 15 is 0 Å². The molecule has 0 amide bonds. The highest BCUT2D eigenvalue weighted by Gasteiger charge is 2.31. The highest BCUT2D eigenvalue weighted by Crippen LogP contribution is 2.35. The average Bonchev–Trinajstić information content (AvgIpc) is 2.70.